The van der Waals surface area contributed by atoms with Crippen LogP contribution in [0.3, 0.4) is 0 Å². The number of benzene rings is 4. The molecule has 25 nitrogen and oxygen atoms in total. The summed E-state index contributed by atoms with van der Waals surface area (Å²) >= 11 is 0. The van der Waals surface area contributed by atoms with E-state index in [0.717, 1.165) is 53.7 Å². The normalized spacial score (nSPS) is 19.8. The second kappa shape index (κ2) is 29.7. The smallest absolute Gasteiger partial charge is 0.421 e. The molecule has 1 fully saturated rings. The number of anilines is 1. The van der Waals surface area contributed by atoms with Gasteiger partial charge in [-0.15, -0.1) is 11.8 Å². The number of carbonyl (C=O) groups excluding carboxylic acids is 6. The first-order valence-corrected chi connectivity index (χ1v) is 32.0. The molecule has 0 bridgehead atoms. The van der Waals surface area contributed by atoms with Crippen LogP contribution in [0.5, 0.6) is 28.7 Å². The van der Waals surface area contributed by atoms with Crippen molar-refractivity contribution in [2.24, 2.45) is 33.7 Å². The van der Waals surface area contributed by atoms with E-state index in [-0.39, 0.29) is 76.0 Å². The van der Waals surface area contributed by atoms with Crippen molar-refractivity contribution in [3.8, 4) is 40.6 Å². The molecule has 4 aromatic rings. The van der Waals surface area contributed by atoms with Crippen molar-refractivity contribution in [1.82, 2.24) is 29.9 Å². The molecule has 4 aliphatic heterocycles. The predicted octanol–water partition coefficient (Wildman–Crippen LogP) is 7.71. The molecule has 1 unspecified atom stereocenters. The van der Waals surface area contributed by atoms with Crippen LogP contribution in [0, 0.1) is 35.5 Å². The molecule has 5 N–H and O–H groups in total. The van der Waals surface area contributed by atoms with Crippen LogP contribution in [0.1, 0.15) is 97.6 Å². The van der Waals surface area contributed by atoms with Gasteiger partial charge in [-0.05, 0) is 102 Å². The first-order chi connectivity index (χ1) is 44.4. The Kier molecular flexibility index (Phi) is 21.1. The number of methoxy groups -OCH3 is 3. The SMILES string of the molecule is COc1ccc(C2=CN3C(=O)c4cc(OC)c(OCCCOc5cc6c(cc5OC)C(=O)N5C=C(c7ccc(NC(=O)[C@@H](C)NC(=O)[C@H](NC(=O)OCCOCCNS(=O)(=O)NC(=O)OCC8[C@H]9CCC#CCC[C@@H]89)C(C)C)cc7)C[C@H]5C=N6)cc4N=C[C@@H]3C2)cc1. The fourth-order valence-electron chi connectivity index (χ4n) is 11.6. The molecule has 10 rings (SSSR count). The molecule has 0 radical (unpaired) electrons. The molecule has 0 saturated heterocycles. The van der Waals surface area contributed by atoms with Gasteiger partial charge in [-0.1, -0.05) is 38.1 Å². The van der Waals surface area contributed by atoms with Gasteiger partial charge in [0.25, 0.3) is 11.8 Å². The number of fused-ring (bicyclic) bond motifs is 5. The van der Waals surface area contributed by atoms with Crippen LogP contribution < -0.4 is 49.1 Å². The fraction of sp³-hybridized carbons (Fsp3) is 0.424. The Hall–Kier alpha value is -9.45. The maximum atomic E-state index is 14.2. The third kappa shape index (κ3) is 16.0. The van der Waals surface area contributed by atoms with Crippen molar-refractivity contribution in [1.29, 1.82) is 0 Å². The first kappa shape index (κ1) is 65.5. The van der Waals surface area contributed by atoms with Crippen molar-refractivity contribution in [2.75, 3.05) is 72.8 Å². The zero-order valence-electron chi connectivity index (χ0n) is 52.0. The molecule has 6 amide bonds. The molecule has 486 valence electrons. The lowest BCUT2D eigenvalue weighted by Gasteiger charge is -2.23. The lowest BCUT2D eigenvalue weighted by molar-refractivity contribution is -0.128. The molecule has 4 heterocycles. The Bertz CT molecular complexity index is 3730. The van der Waals surface area contributed by atoms with Crippen LogP contribution in [0.25, 0.3) is 11.1 Å². The highest BCUT2D eigenvalue weighted by Gasteiger charge is 2.49. The van der Waals surface area contributed by atoms with Gasteiger partial charge in [0.15, 0.2) is 23.0 Å². The Labute approximate surface area is 533 Å². The number of carbonyl (C=O) groups is 6. The van der Waals surface area contributed by atoms with Gasteiger partial charge >= 0.3 is 22.4 Å². The van der Waals surface area contributed by atoms with Gasteiger partial charge in [-0.2, -0.15) is 13.1 Å². The number of nitrogens with one attached hydrogen (secondary N) is 5. The Morgan fingerprint density at radius 3 is 1.73 bits per heavy atom. The lowest BCUT2D eigenvalue weighted by Crippen LogP contribution is -2.53. The zero-order chi connectivity index (χ0) is 65.1. The van der Waals surface area contributed by atoms with E-state index in [9.17, 15) is 37.2 Å². The molecule has 92 heavy (non-hydrogen) atoms. The molecule has 2 aliphatic carbocycles. The Morgan fingerprint density at radius 2 is 1.20 bits per heavy atom. The molecule has 0 spiro atoms. The van der Waals surface area contributed by atoms with E-state index in [1.54, 1.807) is 85.8 Å². The quantitative estimate of drug-likeness (QED) is 0.0282. The molecule has 26 heteroatoms. The summed E-state index contributed by atoms with van der Waals surface area (Å²) in [7, 11) is 0.422. The molecular weight excluding hydrogens is 1210 g/mol. The summed E-state index contributed by atoms with van der Waals surface area (Å²) in [4.78, 5) is 92.3. The van der Waals surface area contributed by atoms with E-state index in [0.29, 0.717) is 82.3 Å². The molecule has 1 saturated carbocycles. The molecule has 6 aliphatic rings. The molecule has 0 aromatic heterocycles. The van der Waals surface area contributed by atoms with Crippen molar-refractivity contribution < 1.29 is 75.1 Å². The maximum Gasteiger partial charge on any atom is 0.421 e. The topological polar surface area (TPSA) is 302 Å². The minimum Gasteiger partial charge on any atom is -0.497 e. The molecular formula is C66H75N9O16S. The summed E-state index contributed by atoms with van der Waals surface area (Å²) in [5.74, 6) is 7.65. The zero-order valence-corrected chi connectivity index (χ0v) is 52.8. The molecule has 7 atom stereocenters. The number of hydrogen-bond acceptors (Lipinski definition) is 18. The van der Waals surface area contributed by atoms with Gasteiger partial charge < -0.3 is 63.6 Å². The predicted molar refractivity (Wildman–Crippen MR) is 341 cm³/mol. The van der Waals surface area contributed by atoms with Crippen molar-refractivity contribution in [3.05, 3.63) is 107 Å². The lowest BCUT2D eigenvalue weighted by atomic mass is 10.0. The fourth-order valence-corrected chi connectivity index (χ4v) is 12.3. The maximum absolute atomic E-state index is 14.2. The molecule has 4 aromatic carbocycles. The van der Waals surface area contributed by atoms with Crippen molar-refractivity contribution >= 4 is 86.7 Å². The van der Waals surface area contributed by atoms with Gasteiger partial charge in [0.1, 0.15) is 24.4 Å². The number of alkyl carbamates (subject to hydrolysis) is 1. The number of amides is 6. The average molecular weight is 1280 g/mol. The highest BCUT2D eigenvalue weighted by molar-refractivity contribution is 7.88. The first-order valence-electron chi connectivity index (χ1n) is 30.5. The second-order valence-electron chi connectivity index (χ2n) is 23.1. The summed E-state index contributed by atoms with van der Waals surface area (Å²) in [5, 5.41) is 7.97. The third-order valence-electron chi connectivity index (χ3n) is 16.7. The summed E-state index contributed by atoms with van der Waals surface area (Å²) in [5.41, 5.74) is 5.78. The minimum atomic E-state index is -4.21. The summed E-state index contributed by atoms with van der Waals surface area (Å²) in [6, 6.07) is 18.8. The standard InChI is InChI=1S/C66H75N9O16S/c1-39(2)60(72-65(80)90-27-26-87-25-22-69-92(82,83)73-66(81)91-38-53-49-12-9-7-8-10-13-50(49)53)62(77)70-40(3)61(76)71-45-18-14-41(15-19-45)43-28-46-34-67-54-32-58(56(85-5)30-51(54)63(78)74(46)36-43)88-23-11-24-89-59-33-55-52(31-57(59)86-6)64(79)75-37-44(29-47(75)35-68-55)42-16-20-48(84-4)21-17-42/h14-21,30-37,39-40,46-47,49-50,53,60,69H,9-13,22-29,38H2,1-6H3,(H,70,77)(H,71,76)(H,72,80)(H,73,81)/t40-,46+,47+,49-,50+,53?,60-/m1/s1. The van der Waals surface area contributed by atoms with Crippen LogP contribution in [-0.2, 0) is 34.0 Å². The van der Waals surface area contributed by atoms with E-state index in [4.69, 9.17) is 47.9 Å². The third-order valence-corrected chi connectivity index (χ3v) is 17.7. The average Bonchev–Trinajstić information content (AvgIpc) is 1.63. The number of ether oxygens (including phenoxy) is 8. The van der Waals surface area contributed by atoms with Crippen LogP contribution >= 0.6 is 0 Å². The number of aliphatic imine (C=N–C) groups is 2. The second-order valence-corrected chi connectivity index (χ2v) is 24.6. The summed E-state index contributed by atoms with van der Waals surface area (Å²) in [6.45, 7) is 4.94. The van der Waals surface area contributed by atoms with Crippen LogP contribution in [0.15, 0.2) is 95.2 Å². The van der Waals surface area contributed by atoms with Gasteiger partial charge in [-0.3, -0.25) is 29.2 Å². The van der Waals surface area contributed by atoms with E-state index < -0.39 is 52.2 Å². The highest BCUT2D eigenvalue weighted by atomic mass is 32.2. The highest BCUT2D eigenvalue weighted by Crippen LogP contribution is 2.52. The van der Waals surface area contributed by atoms with Crippen LogP contribution in [0.4, 0.5) is 26.7 Å². The van der Waals surface area contributed by atoms with E-state index in [1.165, 1.54) is 21.1 Å². The Balaban J connectivity index is 0.632. The van der Waals surface area contributed by atoms with Crippen molar-refractivity contribution in [3.63, 3.8) is 0 Å². The van der Waals surface area contributed by atoms with Gasteiger partial charge in [0.05, 0.1) is 88.9 Å². The number of hydrogen-bond donors (Lipinski definition) is 5. The number of nitrogens with zero attached hydrogens (tertiary/aromatic N) is 4. The van der Waals surface area contributed by atoms with Gasteiger partial charge in [0.2, 0.25) is 11.8 Å². The monoisotopic (exact) mass is 1280 g/mol. The van der Waals surface area contributed by atoms with Crippen molar-refractivity contribution in [2.45, 2.75) is 89.9 Å². The minimum absolute atomic E-state index is 0.0977. The summed E-state index contributed by atoms with van der Waals surface area (Å²) in [6.07, 6.45) is 10.3. The van der Waals surface area contributed by atoms with Gasteiger partial charge in [-0.25, -0.2) is 14.3 Å². The van der Waals surface area contributed by atoms with E-state index >= 15 is 0 Å². The van der Waals surface area contributed by atoms with Crippen LogP contribution in [-0.4, -0.2) is 158 Å². The van der Waals surface area contributed by atoms with Crippen LogP contribution in [0.2, 0.25) is 0 Å². The summed E-state index contributed by atoms with van der Waals surface area (Å²) < 4.78 is 73.3. The van der Waals surface area contributed by atoms with E-state index in [1.807, 2.05) is 47.3 Å². The Morgan fingerprint density at radius 1 is 0.641 bits per heavy atom. The number of rotatable bonds is 27. The largest absolute Gasteiger partial charge is 0.497 e. The van der Waals surface area contributed by atoms with E-state index in [2.05, 4.69) is 32.5 Å². The van der Waals surface area contributed by atoms with Gasteiger partial charge in [0, 0.05) is 81.3 Å².